The fraction of sp³-hybridized carbons (Fsp3) is 0.375. The molecule has 1 aliphatic carbocycles. The van der Waals surface area contributed by atoms with E-state index in [0.29, 0.717) is 6.54 Å². The zero-order valence-electron chi connectivity index (χ0n) is 6.63. The Balaban J connectivity index is 2.21. The molecule has 12 heavy (non-hydrogen) atoms. The molecule has 0 aromatic carbocycles. The Morgan fingerprint density at radius 3 is 3.25 bits per heavy atom. The standard InChI is InChI=1S/C8H11N3O/c9-5-1-2-6-7(3-5)11-8(12)4-10-6/h1,3,6,10H,2,4,9H2,(H,11,12). The van der Waals surface area contributed by atoms with Crippen LogP contribution in [0.15, 0.2) is 23.5 Å². The third-order valence-electron chi connectivity index (χ3n) is 2.08. The quantitative estimate of drug-likeness (QED) is 0.440. The molecule has 2 rings (SSSR count). The summed E-state index contributed by atoms with van der Waals surface area (Å²) in [5, 5.41) is 5.90. The highest BCUT2D eigenvalue weighted by Gasteiger charge is 2.23. The predicted molar refractivity (Wildman–Crippen MR) is 44.9 cm³/mol. The fourth-order valence-corrected chi connectivity index (χ4v) is 1.46. The molecule has 0 bridgehead atoms. The number of hydrogen-bond acceptors (Lipinski definition) is 3. The molecule has 2 aliphatic rings. The Morgan fingerprint density at radius 2 is 2.42 bits per heavy atom. The molecule has 0 radical (unpaired) electrons. The van der Waals surface area contributed by atoms with Crippen LogP contribution in [0.4, 0.5) is 0 Å². The van der Waals surface area contributed by atoms with E-state index in [-0.39, 0.29) is 11.9 Å². The van der Waals surface area contributed by atoms with Crippen LogP contribution in [0, 0.1) is 0 Å². The summed E-state index contributed by atoms with van der Waals surface area (Å²) >= 11 is 0. The zero-order chi connectivity index (χ0) is 8.55. The second-order valence-corrected chi connectivity index (χ2v) is 3.02. The van der Waals surface area contributed by atoms with Crippen LogP contribution in [-0.2, 0) is 4.79 Å². The third-order valence-corrected chi connectivity index (χ3v) is 2.08. The van der Waals surface area contributed by atoms with Crippen molar-refractivity contribution in [2.75, 3.05) is 6.54 Å². The molecule has 1 amide bonds. The number of amides is 1. The van der Waals surface area contributed by atoms with Gasteiger partial charge in [0.2, 0.25) is 5.91 Å². The molecule has 1 heterocycles. The molecule has 1 saturated heterocycles. The number of hydrogen-bond donors (Lipinski definition) is 3. The predicted octanol–water partition coefficient (Wildman–Crippen LogP) is -0.795. The summed E-state index contributed by atoms with van der Waals surface area (Å²) in [7, 11) is 0. The molecule has 1 atom stereocenters. The minimum atomic E-state index is 0.00667. The van der Waals surface area contributed by atoms with Crippen molar-refractivity contribution in [1.29, 1.82) is 0 Å². The largest absolute Gasteiger partial charge is 0.399 e. The first-order chi connectivity index (χ1) is 5.75. The Kier molecular flexibility index (Phi) is 1.62. The summed E-state index contributed by atoms with van der Waals surface area (Å²) in [6.45, 7) is 0.399. The van der Waals surface area contributed by atoms with Gasteiger partial charge in [0.25, 0.3) is 0 Å². The Morgan fingerprint density at radius 1 is 1.58 bits per heavy atom. The van der Waals surface area contributed by atoms with E-state index in [1.807, 2.05) is 6.08 Å². The average molecular weight is 165 g/mol. The number of carbonyl (C=O) groups is 1. The van der Waals surface area contributed by atoms with Gasteiger partial charge in [-0.1, -0.05) is 6.08 Å². The van der Waals surface area contributed by atoms with Gasteiger partial charge in [-0.15, -0.1) is 0 Å². The number of nitrogens with two attached hydrogens (primary N) is 1. The molecule has 1 aliphatic heterocycles. The van der Waals surface area contributed by atoms with Crippen LogP contribution in [0.1, 0.15) is 6.42 Å². The van der Waals surface area contributed by atoms with Gasteiger partial charge >= 0.3 is 0 Å². The minimum Gasteiger partial charge on any atom is -0.399 e. The maximum atomic E-state index is 10.9. The van der Waals surface area contributed by atoms with Crippen LogP contribution in [0.5, 0.6) is 0 Å². The second-order valence-electron chi connectivity index (χ2n) is 3.02. The lowest BCUT2D eigenvalue weighted by atomic mass is 10.0. The van der Waals surface area contributed by atoms with Crippen LogP contribution >= 0.6 is 0 Å². The molecule has 1 fully saturated rings. The van der Waals surface area contributed by atoms with Crippen molar-refractivity contribution in [3.8, 4) is 0 Å². The normalized spacial score (nSPS) is 28.3. The van der Waals surface area contributed by atoms with Gasteiger partial charge in [0.05, 0.1) is 12.6 Å². The highest BCUT2D eigenvalue weighted by Crippen LogP contribution is 2.14. The molecule has 0 saturated carbocycles. The molecular weight excluding hydrogens is 154 g/mol. The summed E-state index contributed by atoms with van der Waals surface area (Å²) in [5.41, 5.74) is 7.21. The molecule has 0 spiro atoms. The van der Waals surface area contributed by atoms with E-state index in [1.165, 1.54) is 0 Å². The van der Waals surface area contributed by atoms with Crippen LogP contribution in [0.3, 0.4) is 0 Å². The van der Waals surface area contributed by atoms with E-state index < -0.39 is 0 Å². The lowest BCUT2D eigenvalue weighted by Gasteiger charge is -2.28. The topological polar surface area (TPSA) is 67.1 Å². The summed E-state index contributed by atoms with van der Waals surface area (Å²) in [4.78, 5) is 10.9. The summed E-state index contributed by atoms with van der Waals surface area (Å²) in [6.07, 6.45) is 4.62. The van der Waals surface area contributed by atoms with Gasteiger partial charge in [-0.25, -0.2) is 0 Å². The molecule has 64 valence electrons. The van der Waals surface area contributed by atoms with Gasteiger partial charge in [0, 0.05) is 11.4 Å². The first-order valence-corrected chi connectivity index (χ1v) is 3.96. The molecule has 0 aromatic rings. The van der Waals surface area contributed by atoms with E-state index in [2.05, 4.69) is 10.6 Å². The van der Waals surface area contributed by atoms with E-state index in [0.717, 1.165) is 17.8 Å². The summed E-state index contributed by atoms with van der Waals surface area (Å²) < 4.78 is 0. The zero-order valence-corrected chi connectivity index (χ0v) is 6.63. The highest BCUT2D eigenvalue weighted by molar-refractivity contribution is 5.81. The minimum absolute atomic E-state index is 0.00667. The number of piperazine rings is 1. The first-order valence-electron chi connectivity index (χ1n) is 3.96. The average Bonchev–Trinajstić information content (AvgIpc) is 2.03. The van der Waals surface area contributed by atoms with Crippen molar-refractivity contribution in [1.82, 2.24) is 10.6 Å². The van der Waals surface area contributed by atoms with Crippen molar-refractivity contribution in [2.24, 2.45) is 5.73 Å². The fourth-order valence-electron chi connectivity index (χ4n) is 1.46. The van der Waals surface area contributed by atoms with E-state index in [9.17, 15) is 4.79 Å². The van der Waals surface area contributed by atoms with Crippen molar-refractivity contribution >= 4 is 5.91 Å². The Labute approximate surface area is 70.5 Å². The smallest absolute Gasteiger partial charge is 0.238 e. The number of rotatable bonds is 0. The number of carbonyl (C=O) groups excluding carboxylic acids is 1. The van der Waals surface area contributed by atoms with Gasteiger partial charge in [0.15, 0.2) is 0 Å². The van der Waals surface area contributed by atoms with Gasteiger partial charge in [0.1, 0.15) is 0 Å². The van der Waals surface area contributed by atoms with Gasteiger partial charge in [-0.05, 0) is 12.5 Å². The second kappa shape index (κ2) is 2.64. The van der Waals surface area contributed by atoms with Crippen LogP contribution in [0.2, 0.25) is 0 Å². The van der Waals surface area contributed by atoms with Crippen molar-refractivity contribution < 1.29 is 4.79 Å². The lowest BCUT2D eigenvalue weighted by Crippen LogP contribution is -2.50. The summed E-state index contributed by atoms with van der Waals surface area (Å²) in [6, 6.07) is 0.245. The maximum absolute atomic E-state index is 10.9. The Hall–Kier alpha value is -1.29. The molecule has 4 heteroatoms. The van der Waals surface area contributed by atoms with Crippen LogP contribution in [0.25, 0.3) is 0 Å². The summed E-state index contributed by atoms with van der Waals surface area (Å²) in [5.74, 6) is 0.00667. The van der Waals surface area contributed by atoms with Crippen LogP contribution in [-0.4, -0.2) is 18.5 Å². The van der Waals surface area contributed by atoms with E-state index >= 15 is 0 Å². The molecule has 4 nitrogen and oxygen atoms in total. The van der Waals surface area contributed by atoms with Gasteiger partial charge in [-0.3, -0.25) is 10.1 Å². The van der Waals surface area contributed by atoms with Gasteiger partial charge < -0.3 is 11.1 Å². The number of nitrogens with one attached hydrogen (secondary N) is 2. The van der Waals surface area contributed by atoms with E-state index in [1.54, 1.807) is 6.08 Å². The number of fused-ring (bicyclic) bond motifs is 1. The third kappa shape index (κ3) is 1.21. The van der Waals surface area contributed by atoms with Crippen molar-refractivity contribution in [3.63, 3.8) is 0 Å². The van der Waals surface area contributed by atoms with Crippen molar-refractivity contribution in [2.45, 2.75) is 12.5 Å². The lowest BCUT2D eigenvalue weighted by molar-refractivity contribution is -0.120. The Bertz CT molecular complexity index is 280. The molecule has 4 N–H and O–H groups in total. The highest BCUT2D eigenvalue weighted by atomic mass is 16.2. The molecule has 1 unspecified atom stereocenters. The molecular formula is C8H11N3O. The number of allylic oxidation sites excluding steroid dienone is 1. The molecule has 0 aromatic heterocycles. The first kappa shape index (κ1) is 7.36. The maximum Gasteiger partial charge on any atom is 0.238 e. The van der Waals surface area contributed by atoms with E-state index in [4.69, 9.17) is 5.73 Å². The van der Waals surface area contributed by atoms with Crippen molar-refractivity contribution in [3.05, 3.63) is 23.5 Å². The monoisotopic (exact) mass is 165 g/mol. The van der Waals surface area contributed by atoms with Crippen LogP contribution < -0.4 is 16.4 Å². The SMILES string of the molecule is NC1=CCC2NCC(=O)NC2=C1. The van der Waals surface area contributed by atoms with Gasteiger partial charge in [-0.2, -0.15) is 0 Å².